The van der Waals surface area contributed by atoms with Crippen LogP contribution in [0, 0.1) is 19.7 Å². The number of rotatable bonds is 9. The predicted molar refractivity (Wildman–Crippen MR) is 130 cm³/mol. The van der Waals surface area contributed by atoms with Crippen molar-refractivity contribution in [3.8, 4) is 0 Å². The minimum atomic E-state index is -0.184. The summed E-state index contributed by atoms with van der Waals surface area (Å²) in [5.74, 6) is 0.525. The Morgan fingerprint density at radius 1 is 1.17 bits per heavy atom. The Morgan fingerprint density at radius 2 is 1.90 bits per heavy atom. The molecule has 0 radical (unpaired) electrons. The molecule has 1 aromatic carbocycles. The lowest BCUT2D eigenvalue weighted by Gasteiger charge is -2.22. The second kappa shape index (κ2) is 12.7. The number of nitrogens with one attached hydrogen (secondary N) is 2. The van der Waals surface area contributed by atoms with Gasteiger partial charge in [0.25, 0.3) is 0 Å². The summed E-state index contributed by atoms with van der Waals surface area (Å²) in [5, 5.41) is 11.0. The summed E-state index contributed by atoms with van der Waals surface area (Å²) in [7, 11) is 1.74. The van der Waals surface area contributed by atoms with Crippen molar-refractivity contribution < 1.29 is 4.39 Å². The van der Waals surface area contributed by atoms with E-state index in [1.54, 1.807) is 13.1 Å². The van der Waals surface area contributed by atoms with Crippen LogP contribution in [-0.4, -0.2) is 42.4 Å². The quantitative estimate of drug-likeness (QED) is 0.230. The van der Waals surface area contributed by atoms with Crippen LogP contribution in [0.4, 0.5) is 10.1 Å². The van der Waals surface area contributed by atoms with E-state index in [4.69, 9.17) is 0 Å². The molecule has 2 N–H and O–H groups in total. The van der Waals surface area contributed by atoms with Crippen molar-refractivity contribution in [1.29, 1.82) is 0 Å². The molecule has 0 aliphatic rings. The molecule has 0 fully saturated rings. The van der Waals surface area contributed by atoms with Crippen LogP contribution in [0.5, 0.6) is 0 Å². The topological polar surface area (TPSA) is 57.5 Å². The number of nitrogens with zero attached hydrogens (tertiary/aromatic N) is 4. The fourth-order valence-corrected chi connectivity index (χ4v) is 3.22. The second-order valence-electron chi connectivity index (χ2n) is 6.81. The van der Waals surface area contributed by atoms with Crippen molar-refractivity contribution in [2.75, 3.05) is 31.6 Å². The Hall–Kier alpha value is -1.84. The van der Waals surface area contributed by atoms with Gasteiger partial charge in [-0.05, 0) is 57.9 Å². The minimum absolute atomic E-state index is 0. The summed E-state index contributed by atoms with van der Waals surface area (Å²) in [4.78, 5) is 6.24. The largest absolute Gasteiger partial charge is 0.370 e. The standard InChI is InChI=1S/C21H33FN6.HI/c1-6-27(7-2)20-10-9-18(14-19(20)22)15-25-21(23-5)24-11-8-12-28-17(4)13-16(3)26-28;/h9-10,13-14H,6-8,11-12,15H2,1-5H3,(H2,23,24,25);1H. The summed E-state index contributed by atoms with van der Waals surface area (Å²) in [6, 6.07) is 7.49. The number of aromatic nitrogens is 2. The molecule has 0 bridgehead atoms. The van der Waals surface area contributed by atoms with Gasteiger partial charge in [-0.25, -0.2) is 4.39 Å². The van der Waals surface area contributed by atoms with Gasteiger partial charge in [-0.1, -0.05) is 6.07 Å². The summed E-state index contributed by atoms with van der Waals surface area (Å²) >= 11 is 0. The van der Waals surface area contributed by atoms with Gasteiger partial charge < -0.3 is 15.5 Å². The molecule has 1 aromatic heterocycles. The molecule has 1 heterocycles. The molecule has 0 saturated carbocycles. The highest BCUT2D eigenvalue weighted by Crippen LogP contribution is 2.20. The zero-order valence-corrected chi connectivity index (χ0v) is 20.5. The SMILES string of the molecule is CCN(CC)c1ccc(CNC(=NC)NCCCn2nc(C)cc2C)cc1F.I. The van der Waals surface area contributed by atoms with Crippen LogP contribution in [0.3, 0.4) is 0 Å². The van der Waals surface area contributed by atoms with Crippen molar-refractivity contribution in [2.24, 2.45) is 4.99 Å². The molecule has 6 nitrogen and oxygen atoms in total. The molecule has 0 atom stereocenters. The summed E-state index contributed by atoms with van der Waals surface area (Å²) in [6.07, 6.45) is 0.940. The molecule has 2 rings (SSSR count). The monoisotopic (exact) mass is 516 g/mol. The maximum absolute atomic E-state index is 14.4. The average molecular weight is 516 g/mol. The van der Waals surface area contributed by atoms with E-state index >= 15 is 0 Å². The second-order valence-corrected chi connectivity index (χ2v) is 6.81. The predicted octanol–water partition coefficient (Wildman–Crippen LogP) is 3.86. The Kier molecular flexibility index (Phi) is 11.0. The van der Waals surface area contributed by atoms with Crippen molar-refractivity contribution in [3.63, 3.8) is 0 Å². The summed E-state index contributed by atoms with van der Waals surface area (Å²) in [5.41, 5.74) is 3.76. The van der Waals surface area contributed by atoms with E-state index in [0.29, 0.717) is 18.2 Å². The molecular formula is C21H34FIN6. The van der Waals surface area contributed by atoms with Gasteiger partial charge in [-0.15, -0.1) is 24.0 Å². The Labute approximate surface area is 191 Å². The first kappa shape index (κ1) is 25.2. The number of halogens is 2. The van der Waals surface area contributed by atoms with Crippen LogP contribution in [0.2, 0.25) is 0 Å². The van der Waals surface area contributed by atoms with Gasteiger partial charge in [0.05, 0.1) is 11.4 Å². The summed E-state index contributed by atoms with van der Waals surface area (Å²) in [6.45, 7) is 11.9. The maximum Gasteiger partial charge on any atom is 0.191 e. The highest BCUT2D eigenvalue weighted by Gasteiger charge is 2.09. The molecule has 8 heteroatoms. The number of benzene rings is 1. The lowest BCUT2D eigenvalue weighted by molar-refractivity contribution is 0.555. The summed E-state index contributed by atoms with van der Waals surface area (Å²) < 4.78 is 16.4. The van der Waals surface area contributed by atoms with Gasteiger partial charge in [0.15, 0.2) is 5.96 Å². The zero-order chi connectivity index (χ0) is 20.5. The first-order valence-electron chi connectivity index (χ1n) is 9.97. The van der Waals surface area contributed by atoms with Crippen molar-refractivity contribution >= 4 is 35.6 Å². The van der Waals surface area contributed by atoms with Crippen LogP contribution < -0.4 is 15.5 Å². The lowest BCUT2D eigenvalue weighted by atomic mass is 10.2. The molecule has 0 aliphatic heterocycles. The lowest BCUT2D eigenvalue weighted by Crippen LogP contribution is -2.37. The Morgan fingerprint density at radius 3 is 2.45 bits per heavy atom. The first-order valence-corrected chi connectivity index (χ1v) is 9.97. The van der Waals surface area contributed by atoms with E-state index in [1.807, 2.05) is 42.5 Å². The number of aryl methyl sites for hydroxylation is 3. The van der Waals surface area contributed by atoms with Gasteiger partial charge in [0.2, 0.25) is 0 Å². The highest BCUT2D eigenvalue weighted by atomic mass is 127. The van der Waals surface area contributed by atoms with Gasteiger partial charge in [-0.3, -0.25) is 9.67 Å². The van der Waals surface area contributed by atoms with E-state index < -0.39 is 0 Å². The van der Waals surface area contributed by atoms with Gasteiger partial charge in [-0.2, -0.15) is 5.10 Å². The number of anilines is 1. The van der Waals surface area contributed by atoms with Crippen LogP contribution >= 0.6 is 24.0 Å². The van der Waals surface area contributed by atoms with E-state index in [-0.39, 0.29) is 29.8 Å². The Balaban J connectivity index is 0.00000420. The van der Waals surface area contributed by atoms with Gasteiger partial charge in [0, 0.05) is 45.5 Å². The van der Waals surface area contributed by atoms with Crippen molar-refractivity contribution in [2.45, 2.75) is 47.2 Å². The van der Waals surface area contributed by atoms with Gasteiger partial charge >= 0.3 is 0 Å². The average Bonchev–Trinajstić information content (AvgIpc) is 3.00. The first-order chi connectivity index (χ1) is 13.5. The van der Waals surface area contributed by atoms with E-state index in [9.17, 15) is 4.39 Å². The number of hydrogen-bond donors (Lipinski definition) is 2. The molecule has 0 amide bonds. The smallest absolute Gasteiger partial charge is 0.191 e. The molecule has 162 valence electrons. The maximum atomic E-state index is 14.4. The number of guanidine groups is 1. The van der Waals surface area contributed by atoms with Gasteiger partial charge in [0.1, 0.15) is 5.82 Å². The fraction of sp³-hybridized carbons (Fsp3) is 0.524. The molecule has 0 aliphatic carbocycles. The Bertz CT molecular complexity index is 785. The third kappa shape index (κ3) is 7.49. The molecule has 2 aromatic rings. The van der Waals surface area contributed by atoms with Crippen molar-refractivity contribution in [3.05, 3.63) is 47.0 Å². The van der Waals surface area contributed by atoms with Crippen LogP contribution in [0.15, 0.2) is 29.3 Å². The van der Waals surface area contributed by atoms with E-state index in [1.165, 1.54) is 5.69 Å². The molecule has 0 saturated heterocycles. The third-order valence-electron chi connectivity index (χ3n) is 4.74. The molecule has 0 spiro atoms. The zero-order valence-electron chi connectivity index (χ0n) is 18.1. The number of aliphatic imine (C=N–C) groups is 1. The minimum Gasteiger partial charge on any atom is -0.370 e. The van der Waals surface area contributed by atoms with Crippen LogP contribution in [-0.2, 0) is 13.1 Å². The van der Waals surface area contributed by atoms with Crippen molar-refractivity contribution in [1.82, 2.24) is 20.4 Å². The number of hydrogen-bond acceptors (Lipinski definition) is 3. The van der Waals surface area contributed by atoms with E-state index in [2.05, 4.69) is 33.7 Å². The molecule has 29 heavy (non-hydrogen) atoms. The van der Waals surface area contributed by atoms with Crippen LogP contribution in [0.1, 0.15) is 37.2 Å². The normalized spacial score (nSPS) is 11.2. The van der Waals surface area contributed by atoms with E-state index in [0.717, 1.165) is 43.9 Å². The van der Waals surface area contributed by atoms with Crippen LogP contribution in [0.25, 0.3) is 0 Å². The fourth-order valence-electron chi connectivity index (χ4n) is 3.22. The third-order valence-corrected chi connectivity index (χ3v) is 4.74. The molecular weight excluding hydrogens is 482 g/mol. The molecule has 0 unspecified atom stereocenters. The highest BCUT2D eigenvalue weighted by molar-refractivity contribution is 14.0.